The van der Waals surface area contributed by atoms with Crippen LogP contribution in [0.15, 0.2) is 0 Å². The zero-order chi connectivity index (χ0) is 26.4. The molecule has 6 unspecified atom stereocenters. The van der Waals surface area contributed by atoms with Gasteiger partial charge >= 0.3 is 23.9 Å². The summed E-state index contributed by atoms with van der Waals surface area (Å²) in [6.07, 6.45) is -15.7. The lowest BCUT2D eigenvalue weighted by Gasteiger charge is -2.47. The Morgan fingerprint density at radius 2 is 0.886 bits per heavy atom. The van der Waals surface area contributed by atoms with Gasteiger partial charge in [0.25, 0.3) is 0 Å². The summed E-state index contributed by atoms with van der Waals surface area (Å²) in [7, 11) is 0. The van der Waals surface area contributed by atoms with Gasteiger partial charge in [-0.2, -0.15) is 0 Å². The van der Waals surface area contributed by atoms with Gasteiger partial charge in [0.05, 0.1) is 13.2 Å². The van der Waals surface area contributed by atoms with Crippen molar-refractivity contribution in [2.75, 3.05) is 13.2 Å². The molecule has 2 aliphatic heterocycles. The van der Waals surface area contributed by atoms with Gasteiger partial charge in [-0.15, -0.1) is 0 Å². The molecule has 2 fully saturated rings. The largest absolute Gasteiger partial charge is 0.455 e. The fourth-order valence-electron chi connectivity index (χ4n) is 3.72. The quantitative estimate of drug-likeness (QED) is 0.188. The van der Waals surface area contributed by atoms with Crippen molar-refractivity contribution >= 4 is 23.9 Å². The fourth-order valence-corrected chi connectivity index (χ4v) is 3.72. The maximum absolute atomic E-state index is 11.7. The second-order valence-corrected chi connectivity index (χ2v) is 7.86. The van der Waals surface area contributed by atoms with E-state index in [2.05, 4.69) is 0 Å². The summed E-state index contributed by atoms with van der Waals surface area (Å²) in [6.45, 7) is 2.60. The predicted molar refractivity (Wildman–Crippen MR) is 107 cm³/mol. The number of carbonyl (C=O) groups excluding carboxylic acids is 4. The highest BCUT2D eigenvalue weighted by atomic mass is 16.8. The summed E-state index contributed by atoms with van der Waals surface area (Å²) >= 11 is 0. The van der Waals surface area contributed by atoms with Crippen molar-refractivity contribution in [3.8, 4) is 0 Å². The van der Waals surface area contributed by atoms with Crippen LogP contribution >= 0.6 is 0 Å². The highest BCUT2D eigenvalue weighted by Crippen LogP contribution is 2.32. The van der Waals surface area contributed by atoms with Gasteiger partial charge in [-0.25, -0.2) is 0 Å². The molecule has 2 rings (SSSR count). The summed E-state index contributed by atoms with van der Waals surface area (Å²) in [5.74, 6) is -3.45. The first kappa shape index (κ1) is 28.8. The van der Waals surface area contributed by atoms with E-state index in [1.165, 1.54) is 0 Å². The van der Waals surface area contributed by atoms with Crippen LogP contribution in [0.25, 0.3) is 0 Å². The van der Waals surface area contributed by atoms with Gasteiger partial charge in [0.1, 0.15) is 24.4 Å². The Kier molecular flexibility index (Phi) is 10.3. The molecule has 0 radical (unpaired) electrons. The highest BCUT2D eigenvalue weighted by Gasteiger charge is 2.55. The van der Waals surface area contributed by atoms with Gasteiger partial charge in [0.15, 0.2) is 24.4 Å². The molecule has 0 amide bonds. The van der Waals surface area contributed by atoms with Crippen molar-refractivity contribution in [2.24, 2.45) is 0 Å². The van der Waals surface area contributed by atoms with Crippen LogP contribution in [0.5, 0.6) is 0 Å². The van der Waals surface area contributed by atoms with E-state index in [4.69, 9.17) is 33.2 Å². The van der Waals surface area contributed by atoms with Gasteiger partial charge in [0, 0.05) is 27.7 Å². The van der Waals surface area contributed by atoms with Crippen molar-refractivity contribution in [3.05, 3.63) is 0 Å². The SMILES string of the molecule is CC(=O)OC1C(OC(C)=O)[C@H](O)C(CO)O[C@@H]1O[C@H]1OC(CO)[C@@H](O)C(OC(C)=O)C1OC(C)=O. The summed E-state index contributed by atoms with van der Waals surface area (Å²) < 4.78 is 37.2. The molecule has 0 spiro atoms. The van der Waals surface area contributed by atoms with Crippen LogP contribution in [0.2, 0.25) is 0 Å². The molecule has 2 aliphatic rings. The molecule has 35 heavy (non-hydrogen) atoms. The Hall–Kier alpha value is -2.40. The average molecular weight is 510 g/mol. The number of aliphatic hydroxyl groups excluding tert-OH is 4. The van der Waals surface area contributed by atoms with Gasteiger partial charge in [-0.1, -0.05) is 0 Å². The zero-order valence-corrected chi connectivity index (χ0v) is 19.5. The molecule has 0 aliphatic carbocycles. The minimum atomic E-state index is -1.69. The maximum atomic E-state index is 11.7. The smallest absolute Gasteiger partial charge is 0.303 e. The van der Waals surface area contributed by atoms with E-state index >= 15 is 0 Å². The molecule has 0 aromatic rings. The van der Waals surface area contributed by atoms with Crippen LogP contribution in [0, 0.1) is 0 Å². The van der Waals surface area contributed by atoms with E-state index in [-0.39, 0.29) is 0 Å². The Bertz CT molecular complexity index is 710. The molecule has 2 heterocycles. The molecule has 0 aromatic carbocycles. The first-order chi connectivity index (χ1) is 16.4. The van der Waals surface area contributed by atoms with E-state index in [0.717, 1.165) is 27.7 Å². The minimum absolute atomic E-state index is 0.765. The molecule has 0 saturated carbocycles. The topological polar surface area (TPSA) is 214 Å². The Morgan fingerprint density at radius 3 is 1.14 bits per heavy atom. The molecular weight excluding hydrogens is 480 g/mol. The van der Waals surface area contributed by atoms with Crippen LogP contribution in [-0.2, 0) is 52.3 Å². The van der Waals surface area contributed by atoms with Crippen molar-refractivity contribution < 1.29 is 72.8 Å². The number of ether oxygens (including phenoxy) is 7. The third kappa shape index (κ3) is 7.30. The van der Waals surface area contributed by atoms with E-state index in [9.17, 15) is 39.6 Å². The normalized spacial score (nSPS) is 37.1. The molecule has 10 atom stereocenters. The standard InChI is InChI=1S/C20H30O15/c1-7(23)29-15-13(27)11(5-21)33-19(17(15)31-9(3)25)35-20-18(32-10(4)26)16(30-8(2)24)14(28)12(6-22)34-20/h11-22,27-28H,5-6H2,1-4H3/t11?,12?,13-,14-,15?,16?,17?,18?,19-,20-/m1/s1. The second kappa shape index (κ2) is 12.5. The van der Waals surface area contributed by atoms with Gasteiger partial charge in [-0.05, 0) is 0 Å². The summed E-state index contributed by atoms with van der Waals surface area (Å²) in [5.41, 5.74) is 0. The Labute approximate surface area is 199 Å². The van der Waals surface area contributed by atoms with Gasteiger partial charge in [-0.3, -0.25) is 19.2 Å². The summed E-state index contributed by atoms with van der Waals surface area (Å²) in [4.78, 5) is 46.7. The number of esters is 4. The highest BCUT2D eigenvalue weighted by molar-refractivity contribution is 5.68. The molecule has 15 heteroatoms. The van der Waals surface area contributed by atoms with Crippen LogP contribution in [0.1, 0.15) is 27.7 Å². The third-order valence-electron chi connectivity index (χ3n) is 5.07. The van der Waals surface area contributed by atoms with E-state index in [0.29, 0.717) is 0 Å². The minimum Gasteiger partial charge on any atom is -0.455 e. The maximum Gasteiger partial charge on any atom is 0.303 e. The molecule has 2 saturated heterocycles. The number of hydrogen-bond acceptors (Lipinski definition) is 15. The van der Waals surface area contributed by atoms with Crippen molar-refractivity contribution in [1.82, 2.24) is 0 Å². The molecule has 200 valence electrons. The fraction of sp³-hybridized carbons (Fsp3) is 0.800. The molecular formula is C20H30O15. The number of carbonyl (C=O) groups is 4. The van der Waals surface area contributed by atoms with Crippen LogP contribution in [0.4, 0.5) is 0 Å². The van der Waals surface area contributed by atoms with E-state index in [1.807, 2.05) is 0 Å². The monoisotopic (exact) mass is 510 g/mol. The van der Waals surface area contributed by atoms with Crippen molar-refractivity contribution in [3.63, 3.8) is 0 Å². The van der Waals surface area contributed by atoms with Gasteiger partial charge in [0.2, 0.25) is 12.6 Å². The third-order valence-corrected chi connectivity index (χ3v) is 5.07. The number of rotatable bonds is 8. The lowest BCUT2D eigenvalue weighted by Crippen LogP contribution is -2.65. The Balaban J connectivity index is 2.44. The van der Waals surface area contributed by atoms with Crippen molar-refractivity contribution in [2.45, 2.75) is 89.1 Å². The molecule has 15 nitrogen and oxygen atoms in total. The van der Waals surface area contributed by atoms with Crippen LogP contribution < -0.4 is 0 Å². The summed E-state index contributed by atoms with van der Waals surface area (Å²) in [5, 5.41) is 40.2. The van der Waals surface area contributed by atoms with E-state index in [1.54, 1.807) is 0 Å². The Morgan fingerprint density at radius 1 is 0.600 bits per heavy atom. The van der Waals surface area contributed by atoms with Crippen molar-refractivity contribution in [1.29, 1.82) is 0 Å². The second-order valence-electron chi connectivity index (χ2n) is 7.86. The first-order valence-electron chi connectivity index (χ1n) is 10.6. The first-order valence-corrected chi connectivity index (χ1v) is 10.6. The zero-order valence-electron chi connectivity index (χ0n) is 19.5. The lowest BCUT2D eigenvalue weighted by atomic mass is 9.97. The van der Waals surface area contributed by atoms with Crippen LogP contribution in [-0.4, -0.2) is 119 Å². The number of aliphatic hydroxyl groups is 4. The van der Waals surface area contributed by atoms with E-state index < -0.39 is 98.5 Å². The van der Waals surface area contributed by atoms with Gasteiger partial charge < -0.3 is 53.6 Å². The predicted octanol–water partition coefficient (Wildman–Crippen LogP) is -3.11. The average Bonchev–Trinajstić information content (AvgIpc) is 2.75. The number of hydrogen-bond donors (Lipinski definition) is 4. The molecule has 0 bridgehead atoms. The van der Waals surface area contributed by atoms with Crippen LogP contribution in [0.3, 0.4) is 0 Å². The molecule has 0 aromatic heterocycles. The summed E-state index contributed by atoms with van der Waals surface area (Å²) in [6, 6.07) is 0. The molecule has 4 N–H and O–H groups in total. The lowest BCUT2D eigenvalue weighted by molar-refractivity contribution is -0.377.